The zero-order valence-corrected chi connectivity index (χ0v) is 15.4. The van der Waals surface area contributed by atoms with Gasteiger partial charge < -0.3 is 4.74 Å². The van der Waals surface area contributed by atoms with Crippen LogP contribution in [0, 0.1) is 0 Å². The van der Waals surface area contributed by atoms with E-state index >= 15 is 0 Å². The first-order valence-electron chi connectivity index (χ1n) is 8.79. The molecule has 0 spiro atoms. The number of esters is 1. The number of benzene rings is 2. The first-order chi connectivity index (χ1) is 12.8. The van der Waals surface area contributed by atoms with Crippen molar-refractivity contribution in [2.45, 2.75) is 24.7 Å². The number of fused-ring (bicyclic) bond motifs is 1. The standard InChI is InChI=1S/C22H19NO2S/c1-2-25-22(24)16-13-11-15(12-14-16)21-17-7-3-5-9-19(17)26-20-10-6-4-8-18(20)23-21/h3-5,7-9,11-14H,2,6,10H2,1H3. The van der Waals surface area contributed by atoms with E-state index in [4.69, 9.17) is 9.73 Å². The summed E-state index contributed by atoms with van der Waals surface area (Å²) >= 11 is 1.81. The summed E-state index contributed by atoms with van der Waals surface area (Å²) in [6, 6.07) is 15.9. The molecule has 1 heterocycles. The maximum Gasteiger partial charge on any atom is 0.338 e. The summed E-state index contributed by atoms with van der Waals surface area (Å²) in [5.41, 5.74) is 4.68. The normalized spacial score (nSPS) is 15.7. The maximum absolute atomic E-state index is 11.9. The Morgan fingerprint density at radius 1 is 1.15 bits per heavy atom. The zero-order chi connectivity index (χ0) is 17.9. The van der Waals surface area contributed by atoms with Crippen LogP contribution in [0.5, 0.6) is 0 Å². The molecule has 0 atom stereocenters. The largest absolute Gasteiger partial charge is 0.462 e. The molecule has 2 aromatic rings. The van der Waals surface area contributed by atoms with Crippen molar-refractivity contribution in [2.75, 3.05) is 6.61 Å². The highest BCUT2D eigenvalue weighted by atomic mass is 32.2. The van der Waals surface area contributed by atoms with Crippen LogP contribution in [-0.4, -0.2) is 18.3 Å². The smallest absolute Gasteiger partial charge is 0.338 e. The molecule has 130 valence electrons. The van der Waals surface area contributed by atoms with Crippen molar-refractivity contribution >= 4 is 23.4 Å². The van der Waals surface area contributed by atoms with Crippen molar-refractivity contribution in [1.82, 2.24) is 0 Å². The molecule has 3 nitrogen and oxygen atoms in total. The van der Waals surface area contributed by atoms with E-state index in [2.05, 4.69) is 30.4 Å². The minimum absolute atomic E-state index is 0.294. The third kappa shape index (κ3) is 3.25. The zero-order valence-electron chi connectivity index (χ0n) is 14.6. The van der Waals surface area contributed by atoms with Crippen molar-refractivity contribution in [3.05, 3.63) is 88.0 Å². The fourth-order valence-electron chi connectivity index (χ4n) is 3.10. The number of hydrogen-bond donors (Lipinski definition) is 0. The summed E-state index contributed by atoms with van der Waals surface area (Å²) in [5.74, 6) is -0.294. The molecule has 1 aliphatic heterocycles. The summed E-state index contributed by atoms with van der Waals surface area (Å²) < 4.78 is 5.07. The van der Waals surface area contributed by atoms with E-state index in [1.165, 1.54) is 9.80 Å². The predicted molar refractivity (Wildman–Crippen MR) is 106 cm³/mol. The molecule has 1 aliphatic carbocycles. The number of ether oxygens (including phenoxy) is 1. The molecule has 0 aromatic heterocycles. The number of thioether (sulfide) groups is 1. The summed E-state index contributed by atoms with van der Waals surface area (Å²) in [5, 5.41) is 0. The van der Waals surface area contributed by atoms with E-state index in [1.54, 1.807) is 0 Å². The van der Waals surface area contributed by atoms with Gasteiger partial charge in [0.25, 0.3) is 0 Å². The molecular formula is C22H19NO2S. The highest BCUT2D eigenvalue weighted by Crippen LogP contribution is 2.40. The van der Waals surface area contributed by atoms with Gasteiger partial charge in [-0.15, -0.1) is 0 Å². The fourth-order valence-corrected chi connectivity index (χ4v) is 4.22. The lowest BCUT2D eigenvalue weighted by atomic mass is 10.0. The Hall–Kier alpha value is -2.59. The third-order valence-electron chi connectivity index (χ3n) is 4.38. The molecule has 4 rings (SSSR count). The number of carbonyl (C=O) groups is 1. The van der Waals surface area contributed by atoms with Crippen LogP contribution in [0.4, 0.5) is 0 Å². The lowest BCUT2D eigenvalue weighted by Crippen LogP contribution is -2.07. The number of allylic oxidation sites excluding steroid dienone is 3. The van der Waals surface area contributed by atoms with E-state index in [0.29, 0.717) is 12.2 Å². The molecule has 4 heteroatoms. The topological polar surface area (TPSA) is 38.7 Å². The Morgan fingerprint density at radius 3 is 2.77 bits per heavy atom. The monoisotopic (exact) mass is 361 g/mol. The lowest BCUT2D eigenvalue weighted by Gasteiger charge is -2.10. The Kier molecular flexibility index (Phi) is 4.76. The van der Waals surface area contributed by atoms with Crippen LogP contribution in [0.25, 0.3) is 0 Å². The highest BCUT2D eigenvalue weighted by Gasteiger charge is 2.20. The van der Waals surface area contributed by atoms with E-state index in [9.17, 15) is 4.79 Å². The average molecular weight is 361 g/mol. The van der Waals surface area contributed by atoms with Crippen LogP contribution in [-0.2, 0) is 4.74 Å². The number of carbonyl (C=O) groups excluding carboxylic acids is 1. The Morgan fingerprint density at radius 2 is 1.96 bits per heavy atom. The van der Waals surface area contributed by atoms with Gasteiger partial charge in [0.1, 0.15) is 0 Å². The Labute approximate surface area is 157 Å². The van der Waals surface area contributed by atoms with Gasteiger partial charge in [0, 0.05) is 20.9 Å². The van der Waals surface area contributed by atoms with Gasteiger partial charge in [0.05, 0.1) is 23.6 Å². The summed E-state index contributed by atoms with van der Waals surface area (Å²) in [6.45, 7) is 2.19. The second-order valence-corrected chi connectivity index (χ2v) is 7.24. The minimum atomic E-state index is -0.294. The molecule has 0 N–H and O–H groups in total. The van der Waals surface area contributed by atoms with Crippen molar-refractivity contribution in [1.29, 1.82) is 0 Å². The summed E-state index contributed by atoms with van der Waals surface area (Å²) in [6.07, 6.45) is 6.39. The van der Waals surface area contributed by atoms with Gasteiger partial charge in [-0.25, -0.2) is 9.79 Å². The lowest BCUT2D eigenvalue weighted by molar-refractivity contribution is 0.0526. The van der Waals surface area contributed by atoms with Gasteiger partial charge in [-0.1, -0.05) is 48.2 Å². The molecule has 0 saturated carbocycles. The fraction of sp³-hybridized carbons (Fsp3) is 0.182. The van der Waals surface area contributed by atoms with Crippen LogP contribution in [0.1, 0.15) is 41.3 Å². The number of hydrogen-bond acceptors (Lipinski definition) is 4. The molecule has 0 saturated heterocycles. The average Bonchev–Trinajstić information content (AvgIpc) is 2.85. The Balaban J connectivity index is 1.78. The predicted octanol–water partition coefficient (Wildman–Crippen LogP) is 5.37. The SMILES string of the molecule is CCOC(=O)c1ccc(C2=NC3=C(CCC=C3)Sc3ccccc32)cc1. The van der Waals surface area contributed by atoms with E-state index in [1.807, 2.05) is 49.0 Å². The van der Waals surface area contributed by atoms with Gasteiger partial charge in [0.15, 0.2) is 0 Å². The first-order valence-corrected chi connectivity index (χ1v) is 9.61. The van der Waals surface area contributed by atoms with Crippen molar-refractivity contribution in [2.24, 2.45) is 4.99 Å². The van der Waals surface area contributed by atoms with Gasteiger partial charge in [-0.05, 0) is 44.0 Å². The minimum Gasteiger partial charge on any atom is -0.462 e. The third-order valence-corrected chi connectivity index (χ3v) is 5.61. The quantitative estimate of drug-likeness (QED) is 0.690. The van der Waals surface area contributed by atoms with Gasteiger partial charge >= 0.3 is 5.97 Å². The molecule has 0 fully saturated rings. The van der Waals surface area contributed by atoms with Crippen LogP contribution in [0.15, 0.2) is 81.2 Å². The highest BCUT2D eigenvalue weighted by molar-refractivity contribution is 8.03. The molecular weight excluding hydrogens is 342 g/mol. The van der Waals surface area contributed by atoms with Gasteiger partial charge in [-0.2, -0.15) is 0 Å². The second-order valence-electron chi connectivity index (χ2n) is 6.11. The molecule has 0 radical (unpaired) electrons. The number of nitrogens with zero attached hydrogens (tertiary/aromatic N) is 1. The number of aliphatic imine (C=N–C) groups is 1. The molecule has 0 amide bonds. The van der Waals surface area contributed by atoms with Crippen LogP contribution in [0.2, 0.25) is 0 Å². The van der Waals surface area contributed by atoms with E-state index in [0.717, 1.165) is 35.4 Å². The van der Waals surface area contributed by atoms with Crippen molar-refractivity contribution < 1.29 is 9.53 Å². The van der Waals surface area contributed by atoms with E-state index in [-0.39, 0.29) is 5.97 Å². The first kappa shape index (κ1) is 16.9. The number of rotatable bonds is 3. The summed E-state index contributed by atoms with van der Waals surface area (Å²) in [4.78, 5) is 19.4. The van der Waals surface area contributed by atoms with Crippen molar-refractivity contribution in [3.63, 3.8) is 0 Å². The molecule has 2 aliphatic rings. The van der Waals surface area contributed by atoms with E-state index < -0.39 is 0 Å². The molecule has 0 unspecified atom stereocenters. The molecule has 26 heavy (non-hydrogen) atoms. The maximum atomic E-state index is 11.9. The van der Waals surface area contributed by atoms with Crippen LogP contribution >= 0.6 is 11.8 Å². The van der Waals surface area contributed by atoms with Crippen LogP contribution < -0.4 is 0 Å². The van der Waals surface area contributed by atoms with Gasteiger partial charge in [0.2, 0.25) is 0 Å². The second kappa shape index (κ2) is 7.34. The Bertz CT molecular complexity index is 939. The summed E-state index contributed by atoms with van der Waals surface area (Å²) in [7, 11) is 0. The molecule has 2 aromatic carbocycles. The van der Waals surface area contributed by atoms with Crippen molar-refractivity contribution in [3.8, 4) is 0 Å². The van der Waals surface area contributed by atoms with Gasteiger partial charge in [-0.3, -0.25) is 0 Å². The molecule has 0 bridgehead atoms. The van der Waals surface area contributed by atoms with Crippen LogP contribution in [0.3, 0.4) is 0 Å².